The Labute approximate surface area is 127 Å². The lowest BCUT2D eigenvalue weighted by Gasteiger charge is -2.18. The third kappa shape index (κ3) is 2.39. The zero-order chi connectivity index (χ0) is 15.0. The van der Waals surface area contributed by atoms with Gasteiger partial charge in [-0.25, -0.2) is 4.68 Å². The number of hydrogen-bond donors (Lipinski definition) is 0. The first kappa shape index (κ1) is 13.7. The molecule has 1 fully saturated rings. The highest BCUT2D eigenvalue weighted by Gasteiger charge is 2.33. The molecule has 1 atom stereocenters. The fourth-order valence-electron chi connectivity index (χ4n) is 2.42. The van der Waals surface area contributed by atoms with Crippen LogP contribution in [-0.4, -0.2) is 27.6 Å². The van der Waals surface area contributed by atoms with Crippen LogP contribution in [-0.2, 0) is 4.79 Å². The van der Waals surface area contributed by atoms with Crippen molar-refractivity contribution >= 4 is 23.3 Å². The molecule has 5 nitrogen and oxygen atoms in total. The summed E-state index contributed by atoms with van der Waals surface area (Å²) in [5.74, 6) is 0.412. The number of hydrogen-bond acceptors (Lipinski definition) is 3. The van der Waals surface area contributed by atoms with Crippen molar-refractivity contribution in [1.82, 2.24) is 9.78 Å². The molecule has 0 bridgehead atoms. The average molecular weight is 301 g/mol. The fraction of sp³-hybridized carbons (Fsp3) is 0.267. The van der Waals surface area contributed by atoms with E-state index >= 15 is 0 Å². The Hall–Kier alpha value is -2.32. The molecule has 0 aliphatic carbocycles. The van der Waals surface area contributed by atoms with Crippen LogP contribution in [0.1, 0.15) is 17.5 Å². The van der Waals surface area contributed by atoms with Crippen molar-refractivity contribution in [3.8, 4) is 11.8 Å². The molecule has 2 aromatic rings. The smallest absolute Gasteiger partial charge is 0.229 e. The number of benzene rings is 1. The van der Waals surface area contributed by atoms with Crippen molar-refractivity contribution in [2.45, 2.75) is 18.7 Å². The maximum atomic E-state index is 12.1. The molecule has 1 aliphatic rings. The molecule has 1 aromatic carbocycles. The number of rotatable bonds is 2. The number of carbonyl (C=O) groups excluding carboxylic acids is 1. The maximum Gasteiger partial charge on any atom is 0.229 e. The van der Waals surface area contributed by atoms with Gasteiger partial charge in [0.15, 0.2) is 5.82 Å². The summed E-state index contributed by atoms with van der Waals surface area (Å²) in [6.45, 7) is 2.39. The van der Waals surface area contributed by atoms with Crippen molar-refractivity contribution in [1.29, 1.82) is 5.26 Å². The molecule has 2 heterocycles. The first-order chi connectivity index (χ1) is 10.1. The second kappa shape index (κ2) is 5.23. The Morgan fingerprint density at radius 1 is 1.38 bits per heavy atom. The lowest BCUT2D eigenvalue weighted by Crippen LogP contribution is -2.28. The van der Waals surface area contributed by atoms with E-state index in [1.807, 2.05) is 31.2 Å². The number of halogens is 1. The van der Waals surface area contributed by atoms with E-state index in [0.717, 1.165) is 11.3 Å². The molecule has 1 saturated heterocycles. The Bertz CT molecular complexity index is 729. The van der Waals surface area contributed by atoms with Gasteiger partial charge in [0.1, 0.15) is 11.6 Å². The van der Waals surface area contributed by atoms with Crippen LogP contribution >= 0.6 is 11.6 Å². The maximum absolute atomic E-state index is 12.1. The van der Waals surface area contributed by atoms with Crippen molar-refractivity contribution in [2.75, 3.05) is 11.4 Å². The van der Waals surface area contributed by atoms with E-state index in [4.69, 9.17) is 11.6 Å². The molecular weight excluding hydrogens is 288 g/mol. The lowest BCUT2D eigenvalue weighted by atomic mass is 10.2. The molecule has 1 aromatic heterocycles. The van der Waals surface area contributed by atoms with Gasteiger partial charge >= 0.3 is 0 Å². The number of carbonyl (C=O) groups is 1. The minimum Gasteiger partial charge on any atom is -0.294 e. The molecule has 1 amide bonds. The van der Waals surface area contributed by atoms with Crippen LogP contribution < -0.4 is 4.90 Å². The number of amides is 1. The summed E-state index contributed by atoms with van der Waals surface area (Å²) in [4.78, 5) is 13.6. The van der Waals surface area contributed by atoms with E-state index in [1.165, 1.54) is 6.20 Å². The number of nitrogens with zero attached hydrogens (tertiary/aromatic N) is 4. The zero-order valence-electron chi connectivity index (χ0n) is 11.5. The third-order valence-corrected chi connectivity index (χ3v) is 3.77. The molecule has 106 valence electrons. The summed E-state index contributed by atoms with van der Waals surface area (Å²) in [5, 5.41) is 13.3. The van der Waals surface area contributed by atoms with Crippen LogP contribution in [0.4, 0.5) is 5.82 Å². The first-order valence-corrected chi connectivity index (χ1v) is 7.03. The highest BCUT2D eigenvalue weighted by molar-refractivity contribution is 6.24. The molecule has 0 saturated carbocycles. The average Bonchev–Trinajstić information content (AvgIpc) is 3.02. The van der Waals surface area contributed by atoms with Gasteiger partial charge in [0, 0.05) is 13.0 Å². The van der Waals surface area contributed by atoms with E-state index < -0.39 is 0 Å². The van der Waals surface area contributed by atoms with Gasteiger partial charge in [-0.15, -0.1) is 11.6 Å². The number of aromatic nitrogens is 2. The highest BCUT2D eigenvalue weighted by Crippen LogP contribution is 2.29. The summed E-state index contributed by atoms with van der Waals surface area (Å²) in [6, 6.07) is 9.83. The molecule has 0 spiro atoms. The quantitative estimate of drug-likeness (QED) is 0.800. The molecule has 3 rings (SSSR count). The van der Waals surface area contributed by atoms with Gasteiger partial charge in [-0.05, 0) is 19.1 Å². The van der Waals surface area contributed by atoms with E-state index in [-0.39, 0.29) is 17.7 Å². The Morgan fingerprint density at radius 2 is 2.10 bits per heavy atom. The summed E-state index contributed by atoms with van der Waals surface area (Å²) in [6.07, 6.45) is 1.76. The molecule has 0 radical (unpaired) electrons. The van der Waals surface area contributed by atoms with Crippen LogP contribution in [0, 0.1) is 18.3 Å². The fourth-order valence-corrected chi connectivity index (χ4v) is 2.69. The van der Waals surface area contributed by atoms with Crippen LogP contribution in [0.5, 0.6) is 0 Å². The summed E-state index contributed by atoms with van der Waals surface area (Å²) < 4.78 is 1.62. The normalized spacial score (nSPS) is 18.0. The molecule has 0 N–H and O–H groups in total. The predicted molar refractivity (Wildman–Crippen MR) is 79.6 cm³/mol. The van der Waals surface area contributed by atoms with Gasteiger partial charge in [-0.2, -0.15) is 10.4 Å². The second-order valence-corrected chi connectivity index (χ2v) is 5.66. The largest absolute Gasteiger partial charge is 0.294 e. The van der Waals surface area contributed by atoms with Crippen LogP contribution in [0.3, 0.4) is 0 Å². The lowest BCUT2D eigenvalue weighted by molar-refractivity contribution is -0.117. The van der Waals surface area contributed by atoms with Gasteiger partial charge in [-0.3, -0.25) is 9.69 Å². The van der Waals surface area contributed by atoms with Gasteiger partial charge in [-0.1, -0.05) is 17.7 Å². The summed E-state index contributed by atoms with van der Waals surface area (Å²) in [7, 11) is 0. The molecule has 1 unspecified atom stereocenters. The highest BCUT2D eigenvalue weighted by atomic mass is 35.5. The number of nitriles is 1. The van der Waals surface area contributed by atoms with E-state index in [9.17, 15) is 10.1 Å². The molecular formula is C15H13ClN4O. The monoisotopic (exact) mass is 300 g/mol. The van der Waals surface area contributed by atoms with Gasteiger partial charge in [0.05, 0.1) is 17.3 Å². The Morgan fingerprint density at radius 3 is 2.67 bits per heavy atom. The minimum absolute atomic E-state index is 0.0830. The minimum atomic E-state index is -0.231. The Balaban J connectivity index is 2.11. The van der Waals surface area contributed by atoms with Gasteiger partial charge in [0.2, 0.25) is 5.91 Å². The number of alkyl halides is 1. The number of anilines is 1. The van der Waals surface area contributed by atoms with Gasteiger partial charge < -0.3 is 0 Å². The van der Waals surface area contributed by atoms with Crippen molar-refractivity contribution < 1.29 is 4.79 Å². The summed E-state index contributed by atoms with van der Waals surface area (Å²) >= 11 is 6.06. The zero-order valence-corrected chi connectivity index (χ0v) is 12.2. The van der Waals surface area contributed by atoms with Crippen molar-refractivity contribution in [3.63, 3.8) is 0 Å². The standard InChI is InChI=1S/C15H13ClN4O/c1-10-2-4-13(5-3-10)20-15(11(7-17)8-18-20)19-9-12(16)6-14(19)21/h2-5,8,12H,6,9H2,1H3. The van der Waals surface area contributed by atoms with Crippen LogP contribution in [0.25, 0.3) is 5.69 Å². The van der Waals surface area contributed by atoms with Gasteiger partial charge in [0.25, 0.3) is 0 Å². The SMILES string of the molecule is Cc1ccc(-n2ncc(C#N)c2N2CC(Cl)CC2=O)cc1. The predicted octanol–water partition coefficient (Wildman–Crippen LogP) is 2.40. The van der Waals surface area contributed by atoms with Crippen molar-refractivity contribution in [3.05, 3.63) is 41.6 Å². The first-order valence-electron chi connectivity index (χ1n) is 6.59. The van der Waals surface area contributed by atoms with Crippen LogP contribution in [0.2, 0.25) is 0 Å². The third-order valence-electron chi connectivity index (χ3n) is 3.48. The van der Waals surface area contributed by atoms with E-state index in [2.05, 4.69) is 11.2 Å². The summed E-state index contributed by atoms with van der Waals surface area (Å²) in [5.41, 5.74) is 2.31. The molecule has 1 aliphatic heterocycles. The molecule has 6 heteroatoms. The topological polar surface area (TPSA) is 61.9 Å². The molecule has 21 heavy (non-hydrogen) atoms. The Kier molecular flexibility index (Phi) is 3.40. The van der Waals surface area contributed by atoms with Crippen molar-refractivity contribution in [2.24, 2.45) is 0 Å². The van der Waals surface area contributed by atoms with E-state index in [1.54, 1.807) is 9.58 Å². The van der Waals surface area contributed by atoms with Crippen LogP contribution in [0.15, 0.2) is 30.5 Å². The number of aryl methyl sites for hydroxylation is 1. The second-order valence-electron chi connectivity index (χ2n) is 5.05. The van der Waals surface area contributed by atoms with E-state index in [0.29, 0.717) is 17.9 Å².